The summed E-state index contributed by atoms with van der Waals surface area (Å²) in [5.74, 6) is -0.927. The summed E-state index contributed by atoms with van der Waals surface area (Å²) in [7, 11) is 0. The summed E-state index contributed by atoms with van der Waals surface area (Å²) in [6.07, 6.45) is 4.33. The van der Waals surface area contributed by atoms with Gasteiger partial charge in [0.15, 0.2) is 0 Å². The molecular formula is C19H23ClN2O4. The van der Waals surface area contributed by atoms with Crippen LogP contribution in [0, 0.1) is 12.8 Å². The molecule has 0 heterocycles. The molecule has 1 unspecified atom stereocenters. The molecule has 6 nitrogen and oxygen atoms in total. The monoisotopic (exact) mass is 378 g/mol. The Balaban J connectivity index is 2.17. The van der Waals surface area contributed by atoms with Crippen molar-refractivity contribution >= 4 is 35.1 Å². The number of aryl methyl sites for hydroxylation is 1. The molecule has 1 atom stereocenters. The van der Waals surface area contributed by atoms with E-state index in [4.69, 9.17) is 16.3 Å². The van der Waals surface area contributed by atoms with Crippen molar-refractivity contribution in [3.63, 3.8) is 0 Å². The van der Waals surface area contributed by atoms with Crippen LogP contribution >= 0.6 is 11.6 Å². The molecule has 0 bridgehead atoms. The minimum atomic E-state index is -0.605. The SMILES string of the molecule is CCOC(=O)/C=C/C(=O)Nc1c(C)cc(Cl)cc1C(=O)NC(C)C1CC1. The quantitative estimate of drug-likeness (QED) is 0.563. The van der Waals surface area contributed by atoms with E-state index in [1.807, 2.05) is 6.92 Å². The number of carbonyl (C=O) groups is 3. The van der Waals surface area contributed by atoms with Crippen molar-refractivity contribution in [1.82, 2.24) is 5.32 Å². The van der Waals surface area contributed by atoms with Crippen LogP contribution in [-0.4, -0.2) is 30.4 Å². The van der Waals surface area contributed by atoms with E-state index in [0.29, 0.717) is 27.8 Å². The third-order valence-corrected chi connectivity index (χ3v) is 4.36. The number of nitrogens with one attached hydrogen (secondary N) is 2. The van der Waals surface area contributed by atoms with Gasteiger partial charge in [0, 0.05) is 23.2 Å². The van der Waals surface area contributed by atoms with Crippen molar-refractivity contribution < 1.29 is 19.1 Å². The molecular weight excluding hydrogens is 356 g/mol. The highest BCUT2D eigenvalue weighted by atomic mass is 35.5. The van der Waals surface area contributed by atoms with Crippen LogP contribution in [0.4, 0.5) is 5.69 Å². The van der Waals surface area contributed by atoms with Crippen molar-refractivity contribution in [3.8, 4) is 0 Å². The summed E-state index contributed by atoms with van der Waals surface area (Å²) in [4.78, 5) is 36.0. The molecule has 26 heavy (non-hydrogen) atoms. The molecule has 1 aromatic carbocycles. The van der Waals surface area contributed by atoms with E-state index in [1.165, 1.54) is 6.07 Å². The van der Waals surface area contributed by atoms with Gasteiger partial charge in [-0.1, -0.05) is 11.6 Å². The van der Waals surface area contributed by atoms with Gasteiger partial charge in [0.2, 0.25) is 5.91 Å². The van der Waals surface area contributed by atoms with Crippen LogP contribution in [0.1, 0.15) is 42.6 Å². The van der Waals surface area contributed by atoms with Gasteiger partial charge in [-0.15, -0.1) is 0 Å². The van der Waals surface area contributed by atoms with E-state index in [0.717, 1.165) is 25.0 Å². The number of anilines is 1. The van der Waals surface area contributed by atoms with Gasteiger partial charge in [-0.3, -0.25) is 9.59 Å². The minimum Gasteiger partial charge on any atom is -0.463 e. The molecule has 2 N–H and O–H groups in total. The maximum Gasteiger partial charge on any atom is 0.330 e. The number of halogens is 1. The first-order chi connectivity index (χ1) is 12.3. The summed E-state index contributed by atoms with van der Waals surface area (Å²) in [5.41, 5.74) is 1.31. The number of amides is 2. The fourth-order valence-electron chi connectivity index (χ4n) is 2.59. The first-order valence-electron chi connectivity index (χ1n) is 8.58. The highest BCUT2D eigenvalue weighted by molar-refractivity contribution is 6.31. The van der Waals surface area contributed by atoms with Crippen molar-refractivity contribution in [2.24, 2.45) is 5.92 Å². The zero-order valence-electron chi connectivity index (χ0n) is 15.1. The second kappa shape index (κ2) is 8.85. The van der Waals surface area contributed by atoms with Gasteiger partial charge >= 0.3 is 5.97 Å². The van der Waals surface area contributed by atoms with Crippen LogP contribution in [0.5, 0.6) is 0 Å². The Morgan fingerprint density at radius 3 is 2.62 bits per heavy atom. The number of hydrogen-bond acceptors (Lipinski definition) is 4. The predicted octanol–water partition coefficient (Wildman–Crippen LogP) is 3.23. The third kappa shape index (κ3) is 5.59. The van der Waals surface area contributed by atoms with Gasteiger partial charge in [-0.05, 0) is 57.2 Å². The number of rotatable bonds is 7. The molecule has 0 spiro atoms. The zero-order valence-corrected chi connectivity index (χ0v) is 15.9. The van der Waals surface area contributed by atoms with Gasteiger partial charge in [-0.25, -0.2) is 4.79 Å². The first-order valence-corrected chi connectivity index (χ1v) is 8.96. The molecule has 0 aromatic heterocycles. The average molecular weight is 379 g/mol. The maximum absolute atomic E-state index is 12.6. The Kier molecular flexibility index (Phi) is 6.80. The first kappa shape index (κ1) is 20.0. The molecule has 7 heteroatoms. The number of esters is 1. The summed E-state index contributed by atoms with van der Waals surface area (Å²) >= 11 is 6.08. The minimum absolute atomic E-state index is 0.0639. The summed E-state index contributed by atoms with van der Waals surface area (Å²) in [5, 5.41) is 6.01. The van der Waals surface area contributed by atoms with Crippen molar-refractivity contribution in [2.75, 3.05) is 11.9 Å². The summed E-state index contributed by atoms with van der Waals surface area (Å²) in [6, 6.07) is 3.25. The zero-order chi connectivity index (χ0) is 19.3. The molecule has 2 rings (SSSR count). The molecule has 1 aliphatic rings. The van der Waals surface area contributed by atoms with Crippen molar-refractivity contribution in [1.29, 1.82) is 0 Å². The number of ether oxygens (including phenoxy) is 1. The van der Waals surface area contributed by atoms with Crippen LogP contribution in [0.2, 0.25) is 5.02 Å². The van der Waals surface area contributed by atoms with Crippen LogP contribution in [0.15, 0.2) is 24.3 Å². The van der Waals surface area contributed by atoms with Crippen LogP contribution < -0.4 is 10.6 Å². The number of benzene rings is 1. The maximum atomic E-state index is 12.6. The highest BCUT2D eigenvalue weighted by Crippen LogP contribution is 2.33. The third-order valence-electron chi connectivity index (χ3n) is 4.14. The van der Waals surface area contributed by atoms with E-state index in [2.05, 4.69) is 10.6 Å². The van der Waals surface area contributed by atoms with Crippen molar-refractivity contribution in [2.45, 2.75) is 39.7 Å². The Morgan fingerprint density at radius 2 is 2.00 bits per heavy atom. The standard InChI is InChI=1S/C19H23ClN2O4/c1-4-26-17(24)8-7-16(23)22-18-11(2)9-14(20)10-15(18)19(25)21-12(3)13-5-6-13/h7-10,12-13H,4-6H2,1-3H3,(H,21,25)(H,22,23)/b8-7+. The molecule has 2 amide bonds. The van der Waals surface area contributed by atoms with E-state index in [1.54, 1.807) is 19.9 Å². The van der Waals surface area contributed by atoms with Crippen molar-refractivity contribution in [3.05, 3.63) is 40.4 Å². The highest BCUT2D eigenvalue weighted by Gasteiger charge is 2.29. The number of hydrogen-bond donors (Lipinski definition) is 2. The molecule has 1 saturated carbocycles. The summed E-state index contributed by atoms with van der Waals surface area (Å²) < 4.78 is 4.73. The Bertz CT molecular complexity index is 741. The normalized spacial score (nSPS) is 14.8. The molecule has 1 aromatic rings. The fraction of sp³-hybridized carbons (Fsp3) is 0.421. The Morgan fingerprint density at radius 1 is 1.31 bits per heavy atom. The molecule has 1 fully saturated rings. The lowest BCUT2D eigenvalue weighted by atomic mass is 10.1. The van der Waals surface area contributed by atoms with E-state index in [-0.39, 0.29) is 18.6 Å². The molecule has 0 aliphatic heterocycles. The lowest BCUT2D eigenvalue weighted by Crippen LogP contribution is -2.34. The largest absolute Gasteiger partial charge is 0.463 e. The van der Waals surface area contributed by atoms with Crippen LogP contribution in [0.25, 0.3) is 0 Å². The topological polar surface area (TPSA) is 84.5 Å². The summed E-state index contributed by atoms with van der Waals surface area (Å²) in [6.45, 7) is 5.62. The smallest absolute Gasteiger partial charge is 0.330 e. The van der Waals surface area contributed by atoms with Gasteiger partial charge in [0.1, 0.15) is 0 Å². The van der Waals surface area contributed by atoms with Crippen LogP contribution in [-0.2, 0) is 14.3 Å². The van der Waals surface area contributed by atoms with Gasteiger partial charge < -0.3 is 15.4 Å². The molecule has 0 saturated heterocycles. The molecule has 1 aliphatic carbocycles. The Hall–Kier alpha value is -2.34. The second-order valence-electron chi connectivity index (χ2n) is 6.32. The van der Waals surface area contributed by atoms with Gasteiger partial charge in [0.05, 0.1) is 17.9 Å². The average Bonchev–Trinajstić information content (AvgIpc) is 3.40. The lowest BCUT2D eigenvalue weighted by molar-refractivity contribution is -0.137. The number of carbonyl (C=O) groups excluding carboxylic acids is 3. The van der Waals surface area contributed by atoms with E-state index in [9.17, 15) is 14.4 Å². The Labute approximate surface area is 157 Å². The lowest BCUT2D eigenvalue weighted by Gasteiger charge is -2.17. The van der Waals surface area contributed by atoms with Gasteiger partial charge in [-0.2, -0.15) is 0 Å². The van der Waals surface area contributed by atoms with Crippen LogP contribution in [0.3, 0.4) is 0 Å². The molecule has 140 valence electrons. The predicted molar refractivity (Wildman–Crippen MR) is 100 cm³/mol. The van der Waals surface area contributed by atoms with E-state index < -0.39 is 11.9 Å². The van der Waals surface area contributed by atoms with E-state index >= 15 is 0 Å². The van der Waals surface area contributed by atoms with Gasteiger partial charge in [0.25, 0.3) is 5.91 Å². The fourth-order valence-corrected chi connectivity index (χ4v) is 2.86. The molecule has 0 radical (unpaired) electrons. The second-order valence-corrected chi connectivity index (χ2v) is 6.76.